The standard InChI is InChI=1S/C51H72N6.C6H12.C2H6.CH4N.Rb/c1-5-44-26-22-31-49(54-44)50(33-32-42-24-14-16-28-46(42)41(4)51(53)47-29-17-15-25-43(47)38-52)57-36-20-12-8-6-10-18-34-56(35-19-11-7-9-13-21-37-57)39-45-27-23-30-48(55-45)40(2)3;1-3-5-6-4-2;2*1-2;/h5,14-17,22-31,41,50-51H,1-2,6-13,18-21,32-39,52-53H2,3-4H3;3,5H,4,6H2,1-2H3;1-2H3;2H,1H3;/q;;;-1;+1/b;5-3+;;;. The van der Waals surface area contributed by atoms with Gasteiger partial charge in [0.25, 0.3) is 0 Å². The van der Waals surface area contributed by atoms with E-state index in [0.717, 1.165) is 73.7 Å². The number of unbranched alkanes of at least 4 members (excludes halogenated alkanes) is 1. The summed E-state index contributed by atoms with van der Waals surface area (Å²) < 4.78 is 0. The number of nitrogens with zero attached hydrogens (tertiary/aromatic N) is 4. The Balaban J connectivity index is 0.00000192. The molecule has 0 radical (unpaired) electrons. The second-order valence-corrected chi connectivity index (χ2v) is 17.9. The van der Waals surface area contributed by atoms with Crippen LogP contribution in [0, 0.1) is 0 Å². The van der Waals surface area contributed by atoms with Gasteiger partial charge in [-0.2, -0.15) is 7.05 Å². The monoisotopic (exact) mass is 998 g/mol. The first kappa shape index (κ1) is 63.6. The van der Waals surface area contributed by atoms with Gasteiger partial charge in [0.15, 0.2) is 0 Å². The van der Waals surface area contributed by atoms with Crippen molar-refractivity contribution in [3.8, 4) is 0 Å². The molecular weight excluding hydrogens is 904 g/mol. The normalized spacial score (nSPS) is 16.0. The van der Waals surface area contributed by atoms with E-state index in [9.17, 15) is 0 Å². The van der Waals surface area contributed by atoms with Crippen molar-refractivity contribution in [2.45, 2.75) is 175 Å². The summed E-state index contributed by atoms with van der Waals surface area (Å²) in [4.78, 5) is 15.5. The van der Waals surface area contributed by atoms with Crippen LogP contribution in [0.25, 0.3) is 17.4 Å². The molecule has 3 atom stereocenters. The Morgan fingerprint density at radius 2 is 1.28 bits per heavy atom. The summed E-state index contributed by atoms with van der Waals surface area (Å²) in [6.07, 6.45) is 25.9. The Hall–Kier alpha value is -2.43. The number of hydrogen-bond donors (Lipinski definition) is 2. The fraction of sp³-hybridized carbons (Fsp3) is 0.533. The van der Waals surface area contributed by atoms with Gasteiger partial charge in [-0.05, 0) is 143 Å². The van der Waals surface area contributed by atoms with Crippen LogP contribution in [-0.2, 0) is 19.5 Å². The van der Waals surface area contributed by atoms with Gasteiger partial charge in [-0.15, -0.1) is 0 Å². The molecule has 1 aliphatic heterocycles. The van der Waals surface area contributed by atoms with E-state index in [1.807, 2.05) is 26.8 Å². The zero-order valence-electron chi connectivity index (χ0n) is 44.5. The smallest absolute Gasteiger partial charge is 0.680 e. The van der Waals surface area contributed by atoms with E-state index in [1.54, 1.807) is 0 Å². The van der Waals surface area contributed by atoms with E-state index in [0.29, 0.717) is 6.54 Å². The van der Waals surface area contributed by atoms with Crippen LogP contribution in [0.4, 0.5) is 0 Å². The molecule has 8 heteroatoms. The summed E-state index contributed by atoms with van der Waals surface area (Å²) >= 11 is 0. The molecule has 3 unspecified atom stereocenters. The number of allylic oxidation sites excluding steroid dienone is 3. The van der Waals surface area contributed by atoms with Gasteiger partial charge in [0.05, 0.1) is 28.8 Å². The number of nitrogens with two attached hydrogens (primary N) is 2. The van der Waals surface area contributed by atoms with E-state index < -0.39 is 0 Å². The van der Waals surface area contributed by atoms with Crippen molar-refractivity contribution < 1.29 is 58.2 Å². The fourth-order valence-electron chi connectivity index (χ4n) is 9.07. The molecule has 1 saturated heterocycles. The van der Waals surface area contributed by atoms with Crippen molar-refractivity contribution in [1.29, 1.82) is 0 Å². The minimum Gasteiger partial charge on any atom is -0.680 e. The van der Waals surface area contributed by atoms with Crippen LogP contribution < -0.4 is 69.7 Å². The van der Waals surface area contributed by atoms with E-state index in [2.05, 4.69) is 141 Å². The van der Waals surface area contributed by atoms with Crippen LogP contribution in [0.2, 0.25) is 0 Å². The summed E-state index contributed by atoms with van der Waals surface area (Å²) in [5.74, 6) is 0.157. The third-order valence-electron chi connectivity index (χ3n) is 12.8. The van der Waals surface area contributed by atoms with Crippen molar-refractivity contribution in [3.05, 3.63) is 161 Å². The van der Waals surface area contributed by atoms with Gasteiger partial charge in [-0.1, -0.05) is 171 Å². The van der Waals surface area contributed by atoms with Crippen LogP contribution in [-0.4, -0.2) is 53.0 Å². The summed E-state index contributed by atoms with van der Waals surface area (Å²) in [6.45, 7) is 26.7. The molecule has 0 saturated carbocycles. The molecule has 370 valence electrons. The molecule has 2 aromatic carbocycles. The molecule has 0 amide bonds. The third kappa shape index (κ3) is 24.1. The Labute approximate surface area is 466 Å². The number of hydrogen-bond acceptors (Lipinski definition) is 6. The molecule has 7 nitrogen and oxygen atoms in total. The van der Waals surface area contributed by atoms with Gasteiger partial charge >= 0.3 is 58.2 Å². The molecule has 1 aliphatic rings. The van der Waals surface area contributed by atoms with Crippen molar-refractivity contribution in [1.82, 2.24) is 19.8 Å². The topological polar surface area (TPSA) is 108 Å². The SMILES string of the molecule is C/C=C/CCC.C=Cc1cccc(C(CCc2ccccc2C(C)C(N)c2ccccc2CN)N2CCCCCCCCN(Cc3cccc(C(=C)C)n3)CCCCCCCC2)n1.CC.C[NH-].[Rb+]. The van der Waals surface area contributed by atoms with Crippen LogP contribution in [0.15, 0.2) is 110 Å². The number of nitrogens with one attached hydrogen (secondary N) is 1. The second kappa shape index (κ2) is 40.2. The van der Waals surface area contributed by atoms with Gasteiger partial charge in [0, 0.05) is 25.0 Å². The first-order valence-electron chi connectivity index (χ1n) is 26.2. The first-order chi connectivity index (χ1) is 32.8. The van der Waals surface area contributed by atoms with Gasteiger partial charge in [0.1, 0.15) is 0 Å². The maximum absolute atomic E-state index is 7.01. The van der Waals surface area contributed by atoms with Crippen LogP contribution in [0.3, 0.4) is 0 Å². The molecule has 1 fully saturated rings. The summed E-state index contributed by atoms with van der Waals surface area (Å²) in [5.41, 5.74) is 29.2. The van der Waals surface area contributed by atoms with E-state index >= 15 is 0 Å². The number of aryl methyl sites for hydroxylation is 1. The zero-order chi connectivity index (χ0) is 49.1. The molecule has 0 bridgehead atoms. The predicted molar refractivity (Wildman–Crippen MR) is 294 cm³/mol. The minimum atomic E-state index is -0.126. The van der Waals surface area contributed by atoms with E-state index in [4.69, 9.17) is 27.2 Å². The molecule has 0 spiro atoms. The average molecular weight is 999 g/mol. The van der Waals surface area contributed by atoms with Crippen LogP contribution in [0.5, 0.6) is 0 Å². The van der Waals surface area contributed by atoms with Crippen molar-refractivity contribution >= 4 is 11.6 Å². The molecule has 4 aromatic rings. The summed E-state index contributed by atoms with van der Waals surface area (Å²) in [6, 6.07) is 30.3. The summed E-state index contributed by atoms with van der Waals surface area (Å²) in [5, 5.41) is 0. The van der Waals surface area contributed by atoms with Gasteiger partial charge < -0.3 is 17.2 Å². The van der Waals surface area contributed by atoms with E-state index in [-0.39, 0.29) is 76.2 Å². The summed E-state index contributed by atoms with van der Waals surface area (Å²) in [7, 11) is 1.25. The minimum absolute atomic E-state index is 0. The van der Waals surface area contributed by atoms with Gasteiger partial charge in [0.2, 0.25) is 0 Å². The number of rotatable bonds is 15. The van der Waals surface area contributed by atoms with Gasteiger partial charge in [-0.25, -0.2) is 0 Å². The third-order valence-corrected chi connectivity index (χ3v) is 12.8. The van der Waals surface area contributed by atoms with Crippen molar-refractivity contribution in [2.24, 2.45) is 11.5 Å². The number of benzene rings is 2. The Morgan fingerprint density at radius 3 is 1.82 bits per heavy atom. The van der Waals surface area contributed by atoms with Crippen LogP contribution in [0.1, 0.15) is 201 Å². The molecule has 5 rings (SSSR count). The largest absolute Gasteiger partial charge is 1.00 e. The molecule has 2 aromatic heterocycles. The Bertz CT molecular complexity index is 1910. The van der Waals surface area contributed by atoms with Gasteiger partial charge in [-0.3, -0.25) is 19.8 Å². The molecular formula is C60H94N7Rb. The average Bonchev–Trinajstić information content (AvgIpc) is 3.37. The van der Waals surface area contributed by atoms with Crippen molar-refractivity contribution in [2.75, 3.05) is 33.2 Å². The number of pyridine rings is 2. The quantitative estimate of drug-likeness (QED) is 0.115. The van der Waals surface area contributed by atoms with Crippen LogP contribution >= 0.6 is 0 Å². The molecule has 0 aliphatic carbocycles. The van der Waals surface area contributed by atoms with Crippen molar-refractivity contribution in [3.63, 3.8) is 0 Å². The molecule has 5 N–H and O–H groups in total. The maximum atomic E-state index is 7.01. The number of aromatic nitrogens is 2. The Kier molecular flexibility index (Phi) is 37.6. The molecule has 3 heterocycles. The fourth-order valence-corrected chi connectivity index (χ4v) is 9.07. The molecule has 68 heavy (non-hydrogen) atoms. The second-order valence-electron chi connectivity index (χ2n) is 17.9. The zero-order valence-corrected chi connectivity index (χ0v) is 49.4. The maximum Gasteiger partial charge on any atom is 1.00 e. The Morgan fingerprint density at radius 1 is 0.735 bits per heavy atom. The van der Waals surface area contributed by atoms with E-state index in [1.165, 1.54) is 119 Å². The first-order valence-corrected chi connectivity index (χ1v) is 26.2. The predicted octanol–water partition coefficient (Wildman–Crippen LogP) is 12.6.